The van der Waals surface area contributed by atoms with Gasteiger partial charge in [-0.1, -0.05) is 53.5 Å². The highest BCUT2D eigenvalue weighted by atomic mass is 79.9. The quantitative estimate of drug-likeness (QED) is 0.759. The first-order valence-electron chi connectivity index (χ1n) is 7.55. The van der Waals surface area contributed by atoms with Crippen molar-refractivity contribution in [1.82, 2.24) is 0 Å². The second-order valence-electron chi connectivity index (χ2n) is 5.92. The Kier molecular flexibility index (Phi) is 6.27. The van der Waals surface area contributed by atoms with Gasteiger partial charge in [0.1, 0.15) is 11.5 Å². The second-order valence-corrected chi connectivity index (χ2v) is 7.18. The lowest BCUT2D eigenvalue weighted by atomic mass is 9.96. The molecule has 0 bridgehead atoms. The number of quaternary nitrogens is 1. The zero-order valence-corrected chi connectivity index (χ0v) is 15.9. The molecule has 2 aromatic carbocycles. The molecule has 2 rings (SSSR count). The summed E-state index contributed by atoms with van der Waals surface area (Å²) in [6.07, 6.45) is 0.619. The van der Waals surface area contributed by atoms with Gasteiger partial charge < -0.3 is 9.84 Å². The van der Waals surface area contributed by atoms with Crippen LogP contribution in [0.1, 0.15) is 36.5 Å². The van der Waals surface area contributed by atoms with Crippen LogP contribution in [0, 0.1) is 0 Å². The molecule has 0 atom stereocenters. The standard InChI is InChI=1S/C18H19BrClNO3/c1-10(2)13-5-11(3-4-17(13)22)6-14-15(19)7-12(8-16(14)20)24-9-18(21)23/h3-5,7-8,10,22H,6,9H2,1-2H3,(H2,21,23)/p+1. The van der Waals surface area contributed by atoms with Crippen LogP contribution in [0.5, 0.6) is 11.5 Å². The van der Waals surface area contributed by atoms with E-state index in [4.69, 9.17) is 16.3 Å². The maximum Gasteiger partial charge on any atom is 0.346 e. The predicted molar refractivity (Wildman–Crippen MR) is 97.5 cm³/mol. The summed E-state index contributed by atoms with van der Waals surface area (Å²) >= 11 is 9.88. The molecular weight excluding hydrogens is 394 g/mol. The van der Waals surface area contributed by atoms with Gasteiger partial charge in [-0.05, 0) is 40.8 Å². The Morgan fingerprint density at radius 3 is 2.62 bits per heavy atom. The van der Waals surface area contributed by atoms with E-state index < -0.39 is 0 Å². The molecule has 128 valence electrons. The monoisotopic (exact) mass is 412 g/mol. The van der Waals surface area contributed by atoms with E-state index in [2.05, 4.69) is 21.7 Å². The third-order valence-electron chi connectivity index (χ3n) is 3.61. The number of carbonyl (C=O) groups excluding carboxylic acids is 1. The molecular formula is C18H20BrClNO3+. The zero-order chi connectivity index (χ0) is 17.9. The molecule has 4 N–H and O–H groups in total. The first-order valence-corrected chi connectivity index (χ1v) is 8.72. The first kappa shape index (κ1) is 18.8. The normalized spacial score (nSPS) is 10.9. The summed E-state index contributed by atoms with van der Waals surface area (Å²) < 4.78 is 6.15. The molecule has 6 heteroatoms. The summed E-state index contributed by atoms with van der Waals surface area (Å²) in [4.78, 5) is 10.9. The molecule has 1 amide bonds. The van der Waals surface area contributed by atoms with Gasteiger partial charge >= 0.3 is 5.91 Å². The van der Waals surface area contributed by atoms with Crippen LogP contribution in [0.3, 0.4) is 0 Å². The van der Waals surface area contributed by atoms with E-state index in [-0.39, 0.29) is 18.4 Å². The average molecular weight is 414 g/mol. The number of rotatable bonds is 6. The highest BCUT2D eigenvalue weighted by molar-refractivity contribution is 9.10. The molecule has 0 aliphatic heterocycles. The van der Waals surface area contributed by atoms with Crippen molar-refractivity contribution < 1.29 is 20.4 Å². The second kappa shape index (κ2) is 8.01. The minimum absolute atomic E-state index is 0.0855. The van der Waals surface area contributed by atoms with Gasteiger partial charge in [0.2, 0.25) is 6.61 Å². The molecule has 0 saturated carbocycles. The number of hydrogen-bond acceptors (Lipinski definition) is 3. The van der Waals surface area contributed by atoms with Crippen LogP contribution in [0.2, 0.25) is 5.02 Å². The van der Waals surface area contributed by atoms with Gasteiger partial charge in [-0.25, -0.2) is 4.79 Å². The molecule has 0 fully saturated rings. The first-order chi connectivity index (χ1) is 11.3. The van der Waals surface area contributed by atoms with Crippen LogP contribution in [0.4, 0.5) is 0 Å². The molecule has 2 aromatic rings. The Bertz CT molecular complexity index is 739. The Hall–Kier alpha value is -1.56. The lowest BCUT2D eigenvalue weighted by molar-refractivity contribution is -0.307. The van der Waals surface area contributed by atoms with Crippen molar-refractivity contribution in [3.8, 4) is 11.5 Å². The number of aromatic hydroxyl groups is 1. The Morgan fingerprint density at radius 2 is 2.04 bits per heavy atom. The number of phenols is 1. The Morgan fingerprint density at radius 1 is 1.33 bits per heavy atom. The van der Waals surface area contributed by atoms with Gasteiger partial charge in [0.25, 0.3) is 0 Å². The molecule has 24 heavy (non-hydrogen) atoms. The molecule has 0 aliphatic carbocycles. The Balaban J connectivity index is 2.27. The van der Waals surface area contributed by atoms with Gasteiger partial charge in [0.05, 0.1) is 0 Å². The van der Waals surface area contributed by atoms with Crippen molar-refractivity contribution in [2.24, 2.45) is 0 Å². The van der Waals surface area contributed by atoms with Crippen LogP contribution >= 0.6 is 27.5 Å². The van der Waals surface area contributed by atoms with Gasteiger partial charge in [-0.15, -0.1) is 0 Å². The maximum atomic E-state index is 10.9. The smallest absolute Gasteiger partial charge is 0.346 e. The van der Waals surface area contributed by atoms with Crippen LogP contribution in [-0.2, 0) is 11.2 Å². The lowest BCUT2D eigenvalue weighted by Crippen LogP contribution is -2.59. The SMILES string of the molecule is CC(C)c1cc(Cc2c(Cl)cc(OCC([NH3+])=O)cc2Br)ccc1O. The number of hydrogen-bond donors (Lipinski definition) is 2. The largest absolute Gasteiger partial charge is 0.508 e. The minimum atomic E-state index is -0.295. The molecule has 0 aromatic heterocycles. The molecule has 4 nitrogen and oxygen atoms in total. The zero-order valence-electron chi connectivity index (χ0n) is 13.6. The molecule has 0 unspecified atom stereocenters. The number of benzene rings is 2. The number of halogens is 2. The van der Waals surface area contributed by atoms with E-state index in [1.807, 2.05) is 26.0 Å². The lowest BCUT2D eigenvalue weighted by Gasteiger charge is -2.13. The summed E-state index contributed by atoms with van der Waals surface area (Å²) in [5, 5.41) is 10.5. The minimum Gasteiger partial charge on any atom is -0.508 e. The number of amides is 1. The summed E-state index contributed by atoms with van der Waals surface area (Å²) in [7, 11) is 0. The van der Waals surface area contributed by atoms with Crippen LogP contribution < -0.4 is 10.5 Å². The summed E-state index contributed by atoms with van der Waals surface area (Å²) in [6.45, 7) is 3.99. The van der Waals surface area contributed by atoms with E-state index in [0.29, 0.717) is 22.9 Å². The summed E-state index contributed by atoms with van der Waals surface area (Å²) in [6, 6.07) is 9.07. The van der Waals surface area contributed by atoms with Gasteiger partial charge in [-0.3, -0.25) is 5.73 Å². The third-order valence-corrected chi connectivity index (χ3v) is 4.65. The van der Waals surface area contributed by atoms with Gasteiger partial charge in [0, 0.05) is 15.9 Å². The van der Waals surface area contributed by atoms with Crippen LogP contribution in [-0.4, -0.2) is 17.6 Å². The fraction of sp³-hybridized carbons (Fsp3) is 0.278. The van der Waals surface area contributed by atoms with E-state index in [1.165, 1.54) is 0 Å². The fourth-order valence-electron chi connectivity index (χ4n) is 2.38. The average Bonchev–Trinajstić information content (AvgIpc) is 2.50. The fourth-order valence-corrected chi connectivity index (χ4v) is 3.35. The highest BCUT2D eigenvalue weighted by Gasteiger charge is 2.13. The van der Waals surface area contributed by atoms with Crippen molar-refractivity contribution in [3.63, 3.8) is 0 Å². The van der Waals surface area contributed by atoms with E-state index in [9.17, 15) is 9.90 Å². The Labute approximate surface area is 154 Å². The van der Waals surface area contributed by atoms with E-state index >= 15 is 0 Å². The highest BCUT2D eigenvalue weighted by Crippen LogP contribution is 2.34. The molecule has 0 heterocycles. The van der Waals surface area contributed by atoms with E-state index in [1.54, 1.807) is 18.2 Å². The van der Waals surface area contributed by atoms with Gasteiger partial charge in [-0.2, -0.15) is 0 Å². The maximum absolute atomic E-state index is 10.9. The predicted octanol–water partition coefficient (Wildman–Crippen LogP) is 3.67. The van der Waals surface area contributed by atoms with Crippen molar-refractivity contribution in [1.29, 1.82) is 0 Å². The van der Waals surface area contributed by atoms with Crippen LogP contribution in [0.15, 0.2) is 34.8 Å². The van der Waals surface area contributed by atoms with Crippen molar-refractivity contribution >= 4 is 33.4 Å². The van der Waals surface area contributed by atoms with Crippen molar-refractivity contribution in [2.75, 3.05) is 6.61 Å². The number of ether oxygens (including phenoxy) is 1. The third kappa shape index (κ3) is 4.72. The topological polar surface area (TPSA) is 74.2 Å². The molecule has 0 radical (unpaired) electrons. The summed E-state index contributed by atoms with van der Waals surface area (Å²) in [5.41, 5.74) is 6.16. The number of carbonyl (C=O) groups is 1. The number of phenolic OH excluding ortho intramolecular Hbond substituents is 1. The van der Waals surface area contributed by atoms with Gasteiger partial charge in [0.15, 0.2) is 0 Å². The van der Waals surface area contributed by atoms with Crippen molar-refractivity contribution in [2.45, 2.75) is 26.2 Å². The molecule has 0 spiro atoms. The van der Waals surface area contributed by atoms with E-state index in [0.717, 1.165) is 21.2 Å². The molecule has 0 saturated heterocycles. The molecule has 0 aliphatic rings. The summed E-state index contributed by atoms with van der Waals surface area (Å²) in [5.74, 6) is 0.762. The van der Waals surface area contributed by atoms with Crippen LogP contribution in [0.25, 0.3) is 0 Å². The van der Waals surface area contributed by atoms with Crippen molar-refractivity contribution in [3.05, 3.63) is 56.5 Å².